The number of carbonyl (C=O) groups excluding carboxylic acids is 1. The predicted molar refractivity (Wildman–Crippen MR) is 135 cm³/mol. The van der Waals surface area contributed by atoms with Crippen molar-refractivity contribution in [2.24, 2.45) is 5.73 Å². The van der Waals surface area contributed by atoms with Gasteiger partial charge < -0.3 is 25.9 Å². The number of aliphatic hydroxyl groups is 1. The van der Waals surface area contributed by atoms with Crippen molar-refractivity contribution in [2.45, 2.75) is 58.7 Å². The number of carbonyl (C=O) groups is 1. The van der Waals surface area contributed by atoms with Gasteiger partial charge in [-0.2, -0.15) is 0 Å². The molecule has 0 aliphatic carbocycles. The molecule has 0 saturated heterocycles. The van der Waals surface area contributed by atoms with Gasteiger partial charge >= 0.3 is 0 Å². The van der Waals surface area contributed by atoms with Gasteiger partial charge in [0.05, 0.1) is 16.8 Å². The molecule has 7 nitrogen and oxygen atoms in total. The third-order valence-corrected chi connectivity index (χ3v) is 5.73. The van der Waals surface area contributed by atoms with Crippen LogP contribution < -0.4 is 15.8 Å². The second kappa shape index (κ2) is 11.5. The van der Waals surface area contributed by atoms with Crippen LogP contribution in [0.4, 0.5) is 0 Å². The van der Waals surface area contributed by atoms with Crippen LogP contribution in [0.1, 0.15) is 60.5 Å². The summed E-state index contributed by atoms with van der Waals surface area (Å²) in [5.74, 6) is 1.07. The molecule has 2 aromatic carbocycles. The summed E-state index contributed by atoms with van der Waals surface area (Å²) in [5.41, 5.74) is 10.2. The number of aliphatic hydroxyl groups excluding tert-OH is 1. The number of halogens is 1. The zero-order valence-electron chi connectivity index (χ0n) is 20.1. The van der Waals surface area contributed by atoms with Gasteiger partial charge in [0, 0.05) is 35.5 Å². The Morgan fingerprint density at radius 3 is 2.47 bits per heavy atom. The van der Waals surface area contributed by atoms with Crippen LogP contribution in [0.5, 0.6) is 5.75 Å². The Balaban J connectivity index is 1.68. The Morgan fingerprint density at radius 2 is 1.91 bits per heavy atom. The molecule has 0 bridgehead atoms. The summed E-state index contributed by atoms with van der Waals surface area (Å²) in [7, 11) is 0. The van der Waals surface area contributed by atoms with Gasteiger partial charge in [0.15, 0.2) is 0 Å². The average Bonchev–Trinajstić information content (AvgIpc) is 3.17. The fraction of sp³-hybridized carbons (Fsp3) is 0.385. The Morgan fingerprint density at radius 1 is 1.21 bits per heavy atom. The average molecular weight is 485 g/mol. The van der Waals surface area contributed by atoms with Gasteiger partial charge in [0.1, 0.15) is 11.6 Å². The minimum absolute atomic E-state index is 0.0134. The highest BCUT2D eigenvalue weighted by Crippen LogP contribution is 2.27. The number of ether oxygens (including phenoxy) is 1. The van der Waals surface area contributed by atoms with E-state index in [4.69, 9.17) is 22.1 Å². The number of benzene rings is 2. The molecule has 182 valence electrons. The molecule has 2 atom stereocenters. The first kappa shape index (κ1) is 25.7. The molecule has 1 aromatic heterocycles. The molecule has 0 aliphatic rings. The number of H-pyrrole nitrogens is 1. The van der Waals surface area contributed by atoms with Crippen LogP contribution in [0, 0.1) is 6.92 Å². The Labute approximate surface area is 205 Å². The number of aromatic nitrogens is 2. The summed E-state index contributed by atoms with van der Waals surface area (Å²) in [5, 5.41) is 12.9. The van der Waals surface area contributed by atoms with Gasteiger partial charge in [-0.15, -0.1) is 0 Å². The molecule has 0 fully saturated rings. The molecule has 8 heteroatoms. The van der Waals surface area contributed by atoms with Crippen LogP contribution in [0.3, 0.4) is 0 Å². The predicted octanol–water partition coefficient (Wildman–Crippen LogP) is 4.57. The summed E-state index contributed by atoms with van der Waals surface area (Å²) in [4.78, 5) is 20.7. The molecule has 0 spiro atoms. The van der Waals surface area contributed by atoms with Crippen molar-refractivity contribution in [3.8, 4) is 17.1 Å². The van der Waals surface area contributed by atoms with E-state index in [2.05, 4.69) is 15.3 Å². The van der Waals surface area contributed by atoms with Crippen molar-refractivity contribution < 1.29 is 14.6 Å². The second-order valence-corrected chi connectivity index (χ2v) is 9.19. The molecular formula is C26H33ClN4O3. The van der Waals surface area contributed by atoms with E-state index in [9.17, 15) is 9.90 Å². The smallest absolute Gasteiger partial charge is 0.251 e. The van der Waals surface area contributed by atoms with Crippen LogP contribution in [0.2, 0.25) is 5.02 Å². The highest BCUT2D eigenvalue weighted by atomic mass is 35.5. The lowest BCUT2D eigenvalue weighted by molar-refractivity contribution is 0.0930. The molecule has 1 heterocycles. The summed E-state index contributed by atoms with van der Waals surface area (Å²) in [6.07, 6.45) is 1.00. The number of amides is 1. The van der Waals surface area contributed by atoms with Gasteiger partial charge in [0.2, 0.25) is 0 Å². The van der Waals surface area contributed by atoms with Crippen LogP contribution in [0.25, 0.3) is 11.4 Å². The minimum atomic E-state index is -0.248. The van der Waals surface area contributed by atoms with E-state index in [0.29, 0.717) is 29.2 Å². The van der Waals surface area contributed by atoms with Gasteiger partial charge in [-0.1, -0.05) is 35.9 Å². The van der Waals surface area contributed by atoms with Crippen LogP contribution in [0.15, 0.2) is 42.5 Å². The van der Waals surface area contributed by atoms with E-state index in [1.165, 1.54) is 0 Å². The molecule has 1 unspecified atom stereocenters. The third-order valence-electron chi connectivity index (χ3n) is 5.43. The van der Waals surface area contributed by atoms with Gasteiger partial charge in [-0.25, -0.2) is 4.98 Å². The van der Waals surface area contributed by atoms with Gasteiger partial charge in [-0.3, -0.25) is 4.79 Å². The third kappa shape index (κ3) is 6.59. The first-order chi connectivity index (χ1) is 16.2. The summed E-state index contributed by atoms with van der Waals surface area (Å²) in [6.45, 7) is 7.67. The number of imidazole rings is 1. The SMILES string of the molecule is Cc1[nH]c(-c2ccc(C[C@@H](CCO)NC(=O)c3ccc(OC(C)C)c(Cl)c3)cc2)nc1C(C)N. The maximum Gasteiger partial charge on any atom is 0.251 e. The number of nitrogens with one attached hydrogen (secondary N) is 2. The number of hydrogen-bond donors (Lipinski definition) is 4. The van der Waals surface area contributed by atoms with Gasteiger partial charge in [0.25, 0.3) is 5.91 Å². The summed E-state index contributed by atoms with van der Waals surface area (Å²) >= 11 is 6.28. The molecule has 5 N–H and O–H groups in total. The Hall–Kier alpha value is -2.87. The molecular weight excluding hydrogens is 452 g/mol. The maximum atomic E-state index is 12.8. The number of hydrogen-bond acceptors (Lipinski definition) is 5. The van der Waals surface area contributed by atoms with E-state index < -0.39 is 0 Å². The van der Waals surface area contributed by atoms with Crippen molar-refractivity contribution in [3.63, 3.8) is 0 Å². The van der Waals surface area contributed by atoms with E-state index in [0.717, 1.165) is 28.3 Å². The van der Waals surface area contributed by atoms with E-state index in [-0.39, 0.29) is 30.7 Å². The maximum absolute atomic E-state index is 12.8. The number of rotatable bonds is 10. The fourth-order valence-corrected chi connectivity index (χ4v) is 4.00. The van der Waals surface area contributed by atoms with E-state index in [1.54, 1.807) is 18.2 Å². The minimum Gasteiger partial charge on any atom is -0.489 e. The number of aryl methyl sites for hydroxylation is 1. The molecule has 34 heavy (non-hydrogen) atoms. The van der Waals surface area contributed by atoms with Crippen LogP contribution in [-0.4, -0.2) is 39.7 Å². The molecule has 1 amide bonds. The quantitative estimate of drug-likeness (QED) is 0.336. The van der Waals surface area contributed by atoms with E-state index in [1.807, 2.05) is 52.0 Å². The largest absolute Gasteiger partial charge is 0.489 e. The van der Waals surface area contributed by atoms with Crippen molar-refractivity contribution in [2.75, 3.05) is 6.61 Å². The lowest BCUT2D eigenvalue weighted by Gasteiger charge is -2.19. The van der Waals surface area contributed by atoms with Crippen molar-refractivity contribution in [3.05, 3.63) is 70.0 Å². The second-order valence-electron chi connectivity index (χ2n) is 8.78. The van der Waals surface area contributed by atoms with Gasteiger partial charge in [-0.05, 0) is 64.3 Å². The number of nitrogens with two attached hydrogens (primary N) is 1. The molecule has 0 radical (unpaired) electrons. The number of nitrogens with zero attached hydrogens (tertiary/aromatic N) is 1. The summed E-state index contributed by atoms with van der Waals surface area (Å²) in [6, 6.07) is 12.6. The van der Waals surface area contributed by atoms with Crippen molar-refractivity contribution >= 4 is 17.5 Å². The summed E-state index contributed by atoms with van der Waals surface area (Å²) < 4.78 is 5.63. The Bertz CT molecular complexity index is 1110. The molecule has 3 aromatic rings. The zero-order chi connectivity index (χ0) is 24.8. The topological polar surface area (TPSA) is 113 Å². The number of aromatic amines is 1. The highest BCUT2D eigenvalue weighted by molar-refractivity contribution is 6.32. The molecule has 0 aliphatic heterocycles. The Kier molecular flexibility index (Phi) is 8.72. The lowest BCUT2D eigenvalue weighted by Crippen LogP contribution is -2.37. The monoisotopic (exact) mass is 484 g/mol. The van der Waals surface area contributed by atoms with Crippen molar-refractivity contribution in [1.29, 1.82) is 0 Å². The van der Waals surface area contributed by atoms with E-state index >= 15 is 0 Å². The molecule has 3 rings (SSSR count). The lowest BCUT2D eigenvalue weighted by atomic mass is 10.0. The fourth-order valence-electron chi connectivity index (χ4n) is 3.78. The van der Waals surface area contributed by atoms with Crippen molar-refractivity contribution in [1.82, 2.24) is 15.3 Å². The normalized spacial score (nSPS) is 13.1. The first-order valence-electron chi connectivity index (χ1n) is 11.5. The standard InChI is InChI=1S/C26H33ClN4O3/c1-15(2)34-23-10-9-20(14-22(23)27)26(33)30-21(11-12-32)13-18-5-7-19(8-6-18)25-29-17(4)24(31-25)16(3)28/h5-10,14-16,21,32H,11-13,28H2,1-4H3,(H,29,31)(H,30,33)/t16?,21-/m1/s1. The zero-order valence-corrected chi connectivity index (χ0v) is 20.8. The first-order valence-corrected chi connectivity index (χ1v) is 11.8. The molecule has 0 saturated carbocycles. The van der Waals surface area contributed by atoms with Crippen LogP contribution >= 0.6 is 11.6 Å². The van der Waals surface area contributed by atoms with Crippen LogP contribution in [-0.2, 0) is 6.42 Å². The highest BCUT2D eigenvalue weighted by Gasteiger charge is 2.17.